The van der Waals surface area contributed by atoms with Crippen LogP contribution < -0.4 is 15.8 Å². The largest absolute Gasteiger partial charge is 0.488 e. The van der Waals surface area contributed by atoms with Crippen LogP contribution in [-0.4, -0.2) is 31.8 Å². The molecule has 1 amide bonds. The van der Waals surface area contributed by atoms with Gasteiger partial charge in [0.25, 0.3) is 0 Å². The van der Waals surface area contributed by atoms with Gasteiger partial charge in [-0.05, 0) is 49.1 Å². The molecule has 1 heterocycles. The average molecular weight is 369 g/mol. The molecular weight excluding hydrogens is 340 g/mol. The Morgan fingerprint density at radius 3 is 2.56 bits per heavy atom. The Morgan fingerprint density at radius 2 is 1.96 bits per heavy atom. The number of halogens is 1. The molecule has 5 nitrogen and oxygen atoms in total. The highest BCUT2D eigenvalue weighted by molar-refractivity contribution is 5.91. The van der Waals surface area contributed by atoms with Gasteiger partial charge in [-0.25, -0.2) is 0 Å². The third kappa shape index (κ3) is 5.59. The van der Waals surface area contributed by atoms with Crippen LogP contribution in [-0.2, 0) is 9.53 Å². The van der Waals surface area contributed by atoms with Crippen molar-refractivity contribution in [3.05, 3.63) is 24.3 Å². The van der Waals surface area contributed by atoms with Gasteiger partial charge < -0.3 is 20.5 Å². The van der Waals surface area contributed by atoms with Crippen molar-refractivity contribution in [2.75, 3.05) is 25.1 Å². The van der Waals surface area contributed by atoms with E-state index in [1.165, 1.54) is 19.3 Å². The van der Waals surface area contributed by atoms with Gasteiger partial charge in [0.05, 0.1) is 13.2 Å². The van der Waals surface area contributed by atoms with Crippen LogP contribution in [0.15, 0.2) is 24.3 Å². The fourth-order valence-corrected chi connectivity index (χ4v) is 3.72. The van der Waals surface area contributed by atoms with Crippen LogP contribution in [0, 0.1) is 5.41 Å². The van der Waals surface area contributed by atoms with Crippen LogP contribution in [0.25, 0.3) is 0 Å². The first-order chi connectivity index (χ1) is 11.7. The number of amides is 1. The van der Waals surface area contributed by atoms with Gasteiger partial charge in [0.2, 0.25) is 5.91 Å². The van der Waals surface area contributed by atoms with Crippen LogP contribution in [0.3, 0.4) is 0 Å². The third-order valence-electron chi connectivity index (χ3n) is 5.21. The second-order valence-corrected chi connectivity index (χ2v) is 7.12. The molecule has 0 aromatic heterocycles. The van der Waals surface area contributed by atoms with Crippen LogP contribution in [0.2, 0.25) is 0 Å². The molecule has 3 rings (SSSR count). The fourth-order valence-electron chi connectivity index (χ4n) is 3.72. The van der Waals surface area contributed by atoms with Gasteiger partial charge in [0.15, 0.2) is 0 Å². The Bertz CT molecular complexity index is 538. The SMILES string of the molecule is Cl.NCC1(CC(=O)Nc2ccc(OC3CCOC3)cc2)CCCCC1. The molecule has 1 aliphatic heterocycles. The summed E-state index contributed by atoms with van der Waals surface area (Å²) in [5.74, 6) is 0.870. The minimum atomic E-state index is -0.00609. The lowest BCUT2D eigenvalue weighted by molar-refractivity contribution is -0.118. The van der Waals surface area contributed by atoms with Gasteiger partial charge >= 0.3 is 0 Å². The van der Waals surface area contributed by atoms with Gasteiger partial charge in [-0.15, -0.1) is 12.4 Å². The van der Waals surface area contributed by atoms with Crippen molar-refractivity contribution >= 4 is 24.0 Å². The molecule has 2 fully saturated rings. The number of hydrogen-bond donors (Lipinski definition) is 2. The molecule has 3 N–H and O–H groups in total. The van der Waals surface area contributed by atoms with Gasteiger partial charge in [0, 0.05) is 18.5 Å². The molecular formula is C19H29ClN2O3. The number of nitrogens with one attached hydrogen (secondary N) is 1. The van der Waals surface area contributed by atoms with E-state index in [0.29, 0.717) is 19.6 Å². The zero-order valence-corrected chi connectivity index (χ0v) is 15.5. The van der Waals surface area contributed by atoms with E-state index < -0.39 is 0 Å². The van der Waals surface area contributed by atoms with Crippen LogP contribution in [0.1, 0.15) is 44.9 Å². The Morgan fingerprint density at radius 1 is 1.24 bits per heavy atom. The van der Waals surface area contributed by atoms with Crippen LogP contribution >= 0.6 is 12.4 Å². The lowest BCUT2D eigenvalue weighted by Crippen LogP contribution is -2.36. The first-order valence-corrected chi connectivity index (χ1v) is 9.04. The zero-order valence-electron chi connectivity index (χ0n) is 14.7. The van der Waals surface area contributed by atoms with Crippen molar-refractivity contribution in [3.8, 4) is 5.75 Å². The van der Waals surface area contributed by atoms with Crippen molar-refractivity contribution in [2.24, 2.45) is 11.1 Å². The van der Waals surface area contributed by atoms with Gasteiger partial charge in [0.1, 0.15) is 11.9 Å². The second-order valence-electron chi connectivity index (χ2n) is 7.12. The predicted octanol–water partition coefficient (Wildman–Crippen LogP) is 3.51. The molecule has 1 aromatic rings. The summed E-state index contributed by atoms with van der Waals surface area (Å²) in [6, 6.07) is 7.57. The smallest absolute Gasteiger partial charge is 0.224 e. The average Bonchev–Trinajstić information content (AvgIpc) is 3.10. The summed E-state index contributed by atoms with van der Waals surface area (Å²) in [5, 5.41) is 2.99. The molecule has 0 radical (unpaired) electrons. The topological polar surface area (TPSA) is 73.6 Å². The van der Waals surface area contributed by atoms with Crippen LogP contribution in [0.5, 0.6) is 5.75 Å². The van der Waals surface area contributed by atoms with Crippen molar-refractivity contribution in [1.29, 1.82) is 0 Å². The van der Waals surface area contributed by atoms with E-state index in [2.05, 4.69) is 5.32 Å². The second kappa shape index (κ2) is 9.41. The molecule has 1 saturated heterocycles. The molecule has 1 atom stereocenters. The van der Waals surface area contributed by atoms with Gasteiger partial charge in [-0.2, -0.15) is 0 Å². The van der Waals surface area contributed by atoms with Crippen LogP contribution in [0.4, 0.5) is 5.69 Å². The monoisotopic (exact) mass is 368 g/mol. The molecule has 1 aliphatic carbocycles. The summed E-state index contributed by atoms with van der Waals surface area (Å²) < 4.78 is 11.1. The number of carbonyl (C=O) groups excluding carboxylic acids is 1. The normalized spacial score (nSPS) is 22.0. The molecule has 0 bridgehead atoms. The van der Waals surface area contributed by atoms with E-state index in [-0.39, 0.29) is 29.8 Å². The molecule has 6 heteroatoms. The highest BCUT2D eigenvalue weighted by Crippen LogP contribution is 2.38. The number of benzene rings is 1. The molecule has 25 heavy (non-hydrogen) atoms. The summed E-state index contributed by atoms with van der Waals surface area (Å²) in [6.07, 6.45) is 7.34. The molecule has 1 saturated carbocycles. The van der Waals surface area contributed by atoms with E-state index in [1.807, 2.05) is 24.3 Å². The molecule has 1 aromatic carbocycles. The lowest BCUT2D eigenvalue weighted by atomic mass is 9.71. The maximum Gasteiger partial charge on any atom is 0.224 e. The Hall–Kier alpha value is -1.30. The summed E-state index contributed by atoms with van der Waals surface area (Å²) in [7, 11) is 0. The maximum absolute atomic E-state index is 12.4. The maximum atomic E-state index is 12.4. The summed E-state index contributed by atoms with van der Waals surface area (Å²) in [6.45, 7) is 2.01. The number of ether oxygens (including phenoxy) is 2. The minimum Gasteiger partial charge on any atom is -0.488 e. The highest BCUT2D eigenvalue weighted by Gasteiger charge is 2.32. The fraction of sp³-hybridized carbons (Fsp3) is 0.632. The number of carbonyl (C=O) groups is 1. The Labute approximate surface area is 156 Å². The highest BCUT2D eigenvalue weighted by atomic mass is 35.5. The standard InChI is InChI=1S/C19H28N2O3.ClH/c20-14-19(9-2-1-3-10-19)12-18(22)21-15-4-6-16(7-5-15)24-17-8-11-23-13-17;/h4-7,17H,1-3,8-14,20H2,(H,21,22);1H. The first-order valence-electron chi connectivity index (χ1n) is 9.04. The number of rotatable bonds is 6. The number of hydrogen-bond acceptors (Lipinski definition) is 4. The van der Waals surface area contributed by atoms with E-state index in [0.717, 1.165) is 37.3 Å². The lowest BCUT2D eigenvalue weighted by Gasteiger charge is -2.35. The zero-order chi connectivity index (χ0) is 16.8. The van der Waals surface area contributed by atoms with Crippen molar-refractivity contribution in [1.82, 2.24) is 0 Å². The van der Waals surface area contributed by atoms with E-state index >= 15 is 0 Å². The van der Waals surface area contributed by atoms with Gasteiger partial charge in [-0.1, -0.05) is 19.3 Å². The Kier molecular flexibility index (Phi) is 7.54. The number of nitrogens with two attached hydrogens (primary N) is 1. The van der Waals surface area contributed by atoms with Gasteiger partial charge in [-0.3, -0.25) is 4.79 Å². The van der Waals surface area contributed by atoms with Crippen molar-refractivity contribution in [3.63, 3.8) is 0 Å². The van der Waals surface area contributed by atoms with Crippen molar-refractivity contribution < 1.29 is 14.3 Å². The van der Waals surface area contributed by atoms with E-state index in [9.17, 15) is 4.79 Å². The predicted molar refractivity (Wildman–Crippen MR) is 101 cm³/mol. The summed E-state index contributed by atoms with van der Waals surface area (Å²) in [5.41, 5.74) is 6.77. The third-order valence-corrected chi connectivity index (χ3v) is 5.21. The van der Waals surface area contributed by atoms with E-state index in [1.54, 1.807) is 0 Å². The molecule has 1 unspecified atom stereocenters. The van der Waals surface area contributed by atoms with Crippen molar-refractivity contribution in [2.45, 2.75) is 51.0 Å². The molecule has 140 valence electrons. The minimum absolute atomic E-state index is 0. The molecule has 2 aliphatic rings. The van der Waals surface area contributed by atoms with E-state index in [4.69, 9.17) is 15.2 Å². The summed E-state index contributed by atoms with van der Waals surface area (Å²) in [4.78, 5) is 12.4. The first kappa shape index (κ1) is 20.0. The number of anilines is 1. The molecule has 0 spiro atoms. The summed E-state index contributed by atoms with van der Waals surface area (Å²) >= 11 is 0. The quantitative estimate of drug-likeness (QED) is 0.805. The Balaban J connectivity index is 0.00000225.